The van der Waals surface area contributed by atoms with Crippen LogP contribution in [-0.4, -0.2) is 46.5 Å². The van der Waals surface area contributed by atoms with Crippen LogP contribution in [0.15, 0.2) is 0 Å². The first kappa shape index (κ1) is 14.4. The molecule has 0 aromatic carbocycles. The van der Waals surface area contributed by atoms with Gasteiger partial charge < -0.3 is 15.2 Å². The molecule has 0 radical (unpaired) electrons. The third kappa shape index (κ3) is 3.95. The van der Waals surface area contributed by atoms with Gasteiger partial charge in [-0.15, -0.1) is 5.10 Å². The Kier molecular flexibility index (Phi) is 5.24. The first-order valence-corrected chi connectivity index (χ1v) is 7.29. The number of hydrogen-bond acceptors (Lipinski definition) is 6. The highest BCUT2D eigenvalue weighted by molar-refractivity contribution is 7.07. The second-order valence-electron chi connectivity index (χ2n) is 4.75. The third-order valence-electron chi connectivity index (χ3n) is 3.39. The van der Waals surface area contributed by atoms with Gasteiger partial charge >= 0.3 is 0 Å². The van der Waals surface area contributed by atoms with Gasteiger partial charge in [-0.05, 0) is 43.6 Å². The molecule has 1 aliphatic rings. The zero-order valence-electron chi connectivity index (χ0n) is 11.0. The van der Waals surface area contributed by atoms with Crippen LogP contribution in [0, 0.1) is 12.8 Å². The molecule has 0 spiro atoms. The van der Waals surface area contributed by atoms with E-state index in [1.165, 1.54) is 0 Å². The fraction of sp³-hybridized carbons (Fsp3) is 0.750. The number of hydrogen-bond donors (Lipinski definition) is 2. The van der Waals surface area contributed by atoms with Crippen molar-refractivity contribution >= 4 is 17.4 Å². The molecule has 1 atom stereocenters. The van der Waals surface area contributed by atoms with Crippen molar-refractivity contribution in [1.29, 1.82) is 0 Å². The minimum absolute atomic E-state index is 0.160. The molecular weight excluding hydrogens is 266 g/mol. The molecule has 0 bridgehead atoms. The van der Waals surface area contributed by atoms with E-state index in [0.29, 0.717) is 23.5 Å². The van der Waals surface area contributed by atoms with Gasteiger partial charge in [0.25, 0.3) is 5.91 Å². The smallest absolute Gasteiger partial charge is 0.264 e. The van der Waals surface area contributed by atoms with E-state index < -0.39 is 0 Å². The highest BCUT2D eigenvalue weighted by atomic mass is 32.1. The number of nitrogens with one attached hydrogen (secondary N) is 1. The van der Waals surface area contributed by atoms with Crippen LogP contribution in [0.25, 0.3) is 0 Å². The number of carbonyl (C=O) groups is 1. The number of aryl methyl sites for hydroxylation is 1. The van der Waals surface area contributed by atoms with Crippen molar-refractivity contribution < 1.29 is 14.6 Å². The van der Waals surface area contributed by atoms with Gasteiger partial charge in [0.1, 0.15) is 4.88 Å². The van der Waals surface area contributed by atoms with E-state index in [4.69, 9.17) is 4.74 Å². The normalized spacial score (nSPS) is 18.2. The third-order valence-corrected chi connectivity index (χ3v) is 4.22. The number of ether oxygens (including phenoxy) is 1. The number of amides is 1. The van der Waals surface area contributed by atoms with Crippen molar-refractivity contribution in [3.05, 3.63) is 10.6 Å². The average Bonchev–Trinajstić information content (AvgIpc) is 2.86. The van der Waals surface area contributed by atoms with Gasteiger partial charge in [0, 0.05) is 19.8 Å². The maximum atomic E-state index is 11.8. The Morgan fingerprint density at radius 1 is 1.58 bits per heavy atom. The fourth-order valence-electron chi connectivity index (χ4n) is 2.19. The number of carbonyl (C=O) groups excluding carboxylic acids is 1. The van der Waals surface area contributed by atoms with Crippen LogP contribution in [0.1, 0.15) is 34.6 Å². The molecule has 1 aliphatic heterocycles. The van der Waals surface area contributed by atoms with Crippen molar-refractivity contribution in [2.24, 2.45) is 5.92 Å². The van der Waals surface area contributed by atoms with E-state index in [1.54, 1.807) is 6.92 Å². The number of rotatable bonds is 5. The summed E-state index contributed by atoms with van der Waals surface area (Å²) in [5.74, 6) is 0.129. The maximum absolute atomic E-state index is 11.8. The zero-order valence-corrected chi connectivity index (χ0v) is 11.8. The summed E-state index contributed by atoms with van der Waals surface area (Å²) in [6.07, 6.45) is 1.99. The molecule has 2 N–H and O–H groups in total. The van der Waals surface area contributed by atoms with E-state index in [2.05, 4.69) is 14.9 Å². The Bertz CT molecular complexity index is 418. The SMILES string of the molecule is Cc1nnsc1C(=O)NCC[C@@H](O)C1CCOCC1. The Labute approximate surface area is 116 Å². The Hall–Kier alpha value is -1.05. The van der Waals surface area contributed by atoms with Gasteiger partial charge in [-0.1, -0.05) is 4.49 Å². The molecule has 0 unspecified atom stereocenters. The molecular formula is C12H19N3O3S. The lowest BCUT2D eigenvalue weighted by atomic mass is 9.92. The van der Waals surface area contributed by atoms with Gasteiger partial charge in [-0.3, -0.25) is 4.79 Å². The maximum Gasteiger partial charge on any atom is 0.264 e. The predicted octanol–water partition coefficient (Wildman–Crippen LogP) is 0.754. The lowest BCUT2D eigenvalue weighted by Gasteiger charge is -2.26. The summed E-state index contributed by atoms with van der Waals surface area (Å²) in [4.78, 5) is 12.3. The van der Waals surface area contributed by atoms with Crippen LogP contribution in [-0.2, 0) is 4.74 Å². The number of nitrogens with zero attached hydrogens (tertiary/aromatic N) is 2. The van der Waals surface area contributed by atoms with Crippen molar-refractivity contribution in [3.8, 4) is 0 Å². The molecule has 6 nitrogen and oxygen atoms in total. The van der Waals surface area contributed by atoms with Crippen LogP contribution in [0.2, 0.25) is 0 Å². The quantitative estimate of drug-likeness (QED) is 0.834. The molecule has 0 saturated carbocycles. The number of aliphatic hydroxyl groups is 1. The van der Waals surface area contributed by atoms with Crippen LogP contribution < -0.4 is 5.32 Å². The molecule has 19 heavy (non-hydrogen) atoms. The van der Waals surface area contributed by atoms with Crippen molar-refractivity contribution in [2.45, 2.75) is 32.3 Å². The topological polar surface area (TPSA) is 84.3 Å². The Balaban J connectivity index is 1.71. The van der Waals surface area contributed by atoms with Crippen molar-refractivity contribution in [2.75, 3.05) is 19.8 Å². The molecule has 1 amide bonds. The van der Waals surface area contributed by atoms with E-state index in [1.807, 2.05) is 0 Å². The van der Waals surface area contributed by atoms with Crippen molar-refractivity contribution in [3.63, 3.8) is 0 Å². The summed E-state index contributed by atoms with van der Waals surface area (Å²) in [5.41, 5.74) is 0.646. The molecule has 1 aromatic heterocycles. The summed E-state index contributed by atoms with van der Waals surface area (Å²) in [5, 5.41) is 16.6. The van der Waals surface area contributed by atoms with E-state index in [-0.39, 0.29) is 17.9 Å². The summed E-state index contributed by atoms with van der Waals surface area (Å²) in [6, 6.07) is 0. The van der Waals surface area contributed by atoms with Gasteiger partial charge in [0.2, 0.25) is 0 Å². The van der Waals surface area contributed by atoms with Crippen molar-refractivity contribution in [1.82, 2.24) is 14.9 Å². The second kappa shape index (κ2) is 6.93. The molecule has 0 aliphatic carbocycles. The largest absolute Gasteiger partial charge is 0.393 e. The summed E-state index contributed by atoms with van der Waals surface area (Å²) < 4.78 is 8.99. The lowest BCUT2D eigenvalue weighted by Crippen LogP contribution is -2.32. The zero-order chi connectivity index (χ0) is 13.7. The van der Waals surface area contributed by atoms with Crippen LogP contribution >= 0.6 is 11.5 Å². The van der Waals surface area contributed by atoms with Crippen LogP contribution in [0.4, 0.5) is 0 Å². The fourth-order valence-corrected chi connectivity index (χ4v) is 2.76. The van der Waals surface area contributed by atoms with Gasteiger partial charge in [-0.2, -0.15) is 0 Å². The highest BCUT2D eigenvalue weighted by Crippen LogP contribution is 2.20. The molecule has 2 rings (SSSR count). The monoisotopic (exact) mass is 285 g/mol. The summed E-state index contributed by atoms with van der Waals surface area (Å²) >= 11 is 1.09. The van der Waals surface area contributed by atoms with E-state index in [9.17, 15) is 9.90 Å². The molecule has 2 heterocycles. The minimum atomic E-state index is -0.370. The van der Waals surface area contributed by atoms with Gasteiger partial charge in [0.05, 0.1) is 11.8 Å². The van der Waals surface area contributed by atoms with Crippen LogP contribution in [0.5, 0.6) is 0 Å². The lowest BCUT2D eigenvalue weighted by molar-refractivity contribution is 0.00528. The van der Waals surface area contributed by atoms with Gasteiger partial charge in [0.15, 0.2) is 0 Å². The molecule has 1 saturated heterocycles. The number of aromatic nitrogens is 2. The first-order chi connectivity index (χ1) is 9.18. The molecule has 1 fully saturated rings. The first-order valence-electron chi connectivity index (χ1n) is 6.51. The van der Waals surface area contributed by atoms with E-state index in [0.717, 1.165) is 37.6 Å². The second-order valence-corrected chi connectivity index (χ2v) is 5.50. The average molecular weight is 285 g/mol. The standard InChI is InChI=1S/C12H19N3O3S/c1-8-11(19-15-14-8)12(17)13-5-2-10(16)9-3-6-18-7-4-9/h9-10,16H,2-7H2,1H3,(H,13,17)/t10-/m1/s1. The highest BCUT2D eigenvalue weighted by Gasteiger charge is 2.22. The Morgan fingerprint density at radius 2 is 2.32 bits per heavy atom. The molecule has 7 heteroatoms. The molecule has 106 valence electrons. The summed E-state index contributed by atoms with van der Waals surface area (Å²) in [6.45, 7) is 3.67. The Morgan fingerprint density at radius 3 is 2.95 bits per heavy atom. The minimum Gasteiger partial charge on any atom is -0.393 e. The van der Waals surface area contributed by atoms with Gasteiger partial charge in [-0.25, -0.2) is 0 Å². The number of aliphatic hydroxyl groups excluding tert-OH is 1. The van der Waals surface area contributed by atoms with Crippen LogP contribution in [0.3, 0.4) is 0 Å². The van der Waals surface area contributed by atoms with E-state index >= 15 is 0 Å². The summed E-state index contributed by atoms with van der Waals surface area (Å²) in [7, 11) is 0. The molecule has 1 aromatic rings. The predicted molar refractivity (Wildman–Crippen MR) is 71.1 cm³/mol.